The molecule has 27 heavy (non-hydrogen) atoms. The number of thioether (sulfide) groups is 1. The van der Waals surface area contributed by atoms with E-state index in [1.807, 2.05) is 4.90 Å². The van der Waals surface area contributed by atoms with Gasteiger partial charge in [-0.05, 0) is 55.0 Å². The summed E-state index contributed by atoms with van der Waals surface area (Å²) in [5, 5.41) is 0. The third-order valence-corrected chi connectivity index (χ3v) is 6.91. The highest BCUT2D eigenvalue weighted by atomic mass is 32.2. The smallest absolute Gasteiger partial charge is 0.233 e. The standard InChI is InChI=1S/C23H28N2OS/c1-18(19-6-3-2-4-7-19)24-12-14-25(15-13-24)23(26)17-27-22-11-10-20-8-5-9-21(20)16-22/h2-4,6-7,10-11,16,18H,5,8-9,12-15,17H2,1H3. The highest BCUT2D eigenvalue weighted by Gasteiger charge is 2.24. The second kappa shape index (κ2) is 8.49. The van der Waals surface area contributed by atoms with Crippen LogP contribution in [0.5, 0.6) is 0 Å². The van der Waals surface area contributed by atoms with E-state index in [-0.39, 0.29) is 5.91 Å². The van der Waals surface area contributed by atoms with Gasteiger partial charge >= 0.3 is 0 Å². The van der Waals surface area contributed by atoms with Gasteiger partial charge in [0, 0.05) is 37.1 Å². The first-order valence-corrected chi connectivity index (χ1v) is 11.0. The Bertz CT molecular complexity index is 784. The van der Waals surface area contributed by atoms with Crippen LogP contribution in [0.25, 0.3) is 0 Å². The molecule has 0 bridgehead atoms. The fourth-order valence-corrected chi connectivity index (χ4v) is 5.04. The number of carbonyl (C=O) groups excluding carboxylic acids is 1. The Labute approximate surface area is 166 Å². The van der Waals surface area contributed by atoms with Crippen LogP contribution in [0, 0.1) is 0 Å². The number of rotatable bonds is 5. The lowest BCUT2D eigenvalue weighted by Crippen LogP contribution is -2.49. The van der Waals surface area contributed by atoms with Crippen LogP contribution in [0.2, 0.25) is 0 Å². The van der Waals surface area contributed by atoms with E-state index in [0.717, 1.165) is 26.2 Å². The highest BCUT2D eigenvalue weighted by Crippen LogP contribution is 2.28. The third-order valence-electron chi connectivity index (χ3n) is 5.93. The molecule has 1 saturated heterocycles. The Balaban J connectivity index is 1.26. The third kappa shape index (κ3) is 4.39. The zero-order valence-electron chi connectivity index (χ0n) is 16.1. The lowest BCUT2D eigenvalue weighted by molar-refractivity contribution is -0.130. The largest absolute Gasteiger partial charge is 0.339 e. The molecule has 1 aliphatic carbocycles. The van der Waals surface area contributed by atoms with E-state index in [2.05, 4.69) is 60.4 Å². The van der Waals surface area contributed by atoms with E-state index in [9.17, 15) is 4.79 Å². The molecule has 2 aromatic carbocycles. The van der Waals surface area contributed by atoms with E-state index >= 15 is 0 Å². The molecule has 1 heterocycles. The van der Waals surface area contributed by atoms with Gasteiger partial charge in [0.15, 0.2) is 0 Å². The van der Waals surface area contributed by atoms with Crippen molar-refractivity contribution in [3.05, 3.63) is 65.2 Å². The summed E-state index contributed by atoms with van der Waals surface area (Å²) in [5.74, 6) is 0.819. The molecular weight excluding hydrogens is 352 g/mol. The molecule has 2 aromatic rings. The normalized spacial score (nSPS) is 18.3. The van der Waals surface area contributed by atoms with Crippen molar-refractivity contribution in [2.45, 2.75) is 37.1 Å². The van der Waals surface area contributed by atoms with Crippen LogP contribution in [0.4, 0.5) is 0 Å². The fourth-order valence-electron chi connectivity index (χ4n) is 4.18. The van der Waals surface area contributed by atoms with E-state index in [1.54, 1.807) is 11.8 Å². The minimum absolute atomic E-state index is 0.271. The molecule has 1 atom stereocenters. The molecule has 1 unspecified atom stereocenters. The molecule has 1 amide bonds. The summed E-state index contributed by atoms with van der Waals surface area (Å²) in [4.78, 5) is 18.4. The zero-order valence-corrected chi connectivity index (χ0v) is 16.9. The number of piperazine rings is 1. The maximum Gasteiger partial charge on any atom is 0.233 e. The van der Waals surface area contributed by atoms with Crippen LogP contribution < -0.4 is 0 Å². The van der Waals surface area contributed by atoms with Crippen molar-refractivity contribution in [2.75, 3.05) is 31.9 Å². The summed E-state index contributed by atoms with van der Waals surface area (Å²) in [6.07, 6.45) is 3.68. The number of amides is 1. The minimum Gasteiger partial charge on any atom is -0.339 e. The van der Waals surface area contributed by atoms with Crippen molar-refractivity contribution in [1.29, 1.82) is 0 Å². The predicted molar refractivity (Wildman–Crippen MR) is 112 cm³/mol. The van der Waals surface area contributed by atoms with E-state index in [0.29, 0.717) is 11.8 Å². The van der Waals surface area contributed by atoms with Gasteiger partial charge in [-0.1, -0.05) is 36.4 Å². The van der Waals surface area contributed by atoms with Crippen molar-refractivity contribution < 1.29 is 4.79 Å². The molecule has 1 aliphatic heterocycles. The van der Waals surface area contributed by atoms with E-state index in [1.165, 1.54) is 40.8 Å². The molecular formula is C23H28N2OS. The molecule has 3 nitrogen and oxygen atoms in total. The fraction of sp³-hybridized carbons (Fsp3) is 0.435. The first-order valence-electron chi connectivity index (χ1n) is 10.0. The zero-order chi connectivity index (χ0) is 18.6. The molecule has 1 fully saturated rings. The van der Waals surface area contributed by atoms with Crippen LogP contribution >= 0.6 is 11.8 Å². The van der Waals surface area contributed by atoms with Crippen molar-refractivity contribution in [1.82, 2.24) is 9.80 Å². The molecule has 0 saturated carbocycles. The van der Waals surface area contributed by atoms with Crippen LogP contribution in [-0.4, -0.2) is 47.6 Å². The molecule has 142 valence electrons. The van der Waals surface area contributed by atoms with Crippen molar-refractivity contribution in [3.63, 3.8) is 0 Å². The lowest BCUT2D eigenvalue weighted by atomic mass is 10.1. The summed E-state index contributed by atoms with van der Waals surface area (Å²) < 4.78 is 0. The van der Waals surface area contributed by atoms with Gasteiger partial charge in [-0.2, -0.15) is 0 Å². The summed E-state index contributed by atoms with van der Waals surface area (Å²) >= 11 is 1.69. The summed E-state index contributed by atoms with van der Waals surface area (Å²) in [5.41, 5.74) is 4.33. The molecule has 0 N–H and O–H groups in total. The molecule has 4 heteroatoms. The van der Waals surface area contributed by atoms with Gasteiger partial charge in [-0.25, -0.2) is 0 Å². The summed E-state index contributed by atoms with van der Waals surface area (Å²) in [6, 6.07) is 17.8. The monoisotopic (exact) mass is 380 g/mol. The number of hydrogen-bond donors (Lipinski definition) is 0. The van der Waals surface area contributed by atoms with E-state index in [4.69, 9.17) is 0 Å². The van der Waals surface area contributed by atoms with Gasteiger partial charge < -0.3 is 4.90 Å². The minimum atomic E-state index is 0.271. The number of fused-ring (bicyclic) bond motifs is 1. The number of benzene rings is 2. The highest BCUT2D eigenvalue weighted by molar-refractivity contribution is 8.00. The maximum absolute atomic E-state index is 12.6. The van der Waals surface area contributed by atoms with Gasteiger partial charge in [-0.3, -0.25) is 9.69 Å². The second-order valence-corrected chi connectivity index (χ2v) is 8.62. The molecule has 2 aliphatic rings. The average Bonchev–Trinajstić information content (AvgIpc) is 3.20. The summed E-state index contributed by atoms with van der Waals surface area (Å²) in [7, 11) is 0. The summed E-state index contributed by atoms with van der Waals surface area (Å²) in [6.45, 7) is 5.83. The maximum atomic E-state index is 12.6. The van der Waals surface area contributed by atoms with Crippen LogP contribution in [-0.2, 0) is 17.6 Å². The quantitative estimate of drug-likeness (QED) is 0.727. The number of carbonyl (C=O) groups is 1. The second-order valence-electron chi connectivity index (χ2n) is 7.58. The Morgan fingerprint density at radius 2 is 1.74 bits per heavy atom. The Morgan fingerprint density at radius 3 is 2.52 bits per heavy atom. The van der Waals surface area contributed by atoms with Crippen molar-refractivity contribution in [2.24, 2.45) is 0 Å². The molecule has 4 rings (SSSR count). The van der Waals surface area contributed by atoms with Gasteiger partial charge in [0.25, 0.3) is 0 Å². The van der Waals surface area contributed by atoms with Crippen LogP contribution in [0.15, 0.2) is 53.4 Å². The topological polar surface area (TPSA) is 23.6 Å². The van der Waals surface area contributed by atoms with Crippen molar-refractivity contribution in [3.8, 4) is 0 Å². The van der Waals surface area contributed by atoms with Gasteiger partial charge in [-0.15, -0.1) is 11.8 Å². The Hall–Kier alpha value is -1.78. The molecule has 0 radical (unpaired) electrons. The average molecular weight is 381 g/mol. The van der Waals surface area contributed by atoms with Crippen molar-refractivity contribution >= 4 is 17.7 Å². The number of aryl methyl sites for hydroxylation is 2. The molecule has 0 spiro atoms. The SMILES string of the molecule is CC(c1ccccc1)N1CCN(C(=O)CSc2ccc3c(c2)CCC3)CC1. The van der Waals surface area contributed by atoms with Gasteiger partial charge in [0.05, 0.1) is 5.75 Å². The Morgan fingerprint density at radius 1 is 1.00 bits per heavy atom. The van der Waals surface area contributed by atoms with Gasteiger partial charge in [0.1, 0.15) is 0 Å². The Kier molecular flexibility index (Phi) is 5.84. The van der Waals surface area contributed by atoms with Crippen LogP contribution in [0.1, 0.15) is 36.1 Å². The molecule has 0 aromatic heterocycles. The predicted octanol–water partition coefficient (Wildman–Crippen LogP) is 4.17. The first kappa shape index (κ1) is 18.6. The van der Waals surface area contributed by atoms with Crippen LogP contribution in [0.3, 0.4) is 0 Å². The van der Waals surface area contributed by atoms with Gasteiger partial charge in [0.2, 0.25) is 5.91 Å². The lowest BCUT2D eigenvalue weighted by Gasteiger charge is -2.38. The number of nitrogens with zero attached hydrogens (tertiary/aromatic N) is 2. The first-order chi connectivity index (χ1) is 13.2. The van der Waals surface area contributed by atoms with E-state index < -0.39 is 0 Å². The number of hydrogen-bond acceptors (Lipinski definition) is 3.